The van der Waals surface area contributed by atoms with E-state index in [1.165, 1.54) is 38.8 Å². The van der Waals surface area contributed by atoms with Gasteiger partial charge in [0.2, 0.25) is 0 Å². The number of hydrogen-bond acceptors (Lipinski definition) is 2. The molecular weight excluding hydrogens is 186 g/mol. The van der Waals surface area contributed by atoms with Gasteiger partial charge in [0.05, 0.1) is 5.84 Å². The summed E-state index contributed by atoms with van der Waals surface area (Å²) in [6.45, 7) is 5.88. The number of nitrogens with zero attached hydrogens (tertiary/aromatic N) is 2. The molecule has 84 valence electrons. The molecule has 3 heteroatoms. The fourth-order valence-corrected chi connectivity index (χ4v) is 3.11. The van der Waals surface area contributed by atoms with E-state index in [2.05, 4.69) is 16.7 Å². The summed E-state index contributed by atoms with van der Waals surface area (Å²) in [4.78, 5) is 5.01. The van der Waals surface area contributed by atoms with Gasteiger partial charge in [-0.3, -0.25) is 10.3 Å². The third-order valence-corrected chi connectivity index (χ3v) is 4.21. The standard InChI is InChI=1S/C12H21N3/c1-9-7-14-6-2-3-11(14)8-15(9)12(13)10-4-5-10/h9-11,13H,2-8H2,1H3. The van der Waals surface area contributed by atoms with Crippen molar-refractivity contribution < 1.29 is 0 Å². The average Bonchev–Trinajstić information content (AvgIpc) is 2.97. The Morgan fingerprint density at radius 1 is 1.20 bits per heavy atom. The molecule has 0 bridgehead atoms. The minimum Gasteiger partial charge on any atom is -0.355 e. The molecule has 0 radical (unpaired) electrons. The van der Waals surface area contributed by atoms with Crippen molar-refractivity contribution in [3.05, 3.63) is 0 Å². The molecule has 0 aromatic rings. The topological polar surface area (TPSA) is 30.3 Å². The first-order valence-electron chi connectivity index (χ1n) is 6.35. The summed E-state index contributed by atoms with van der Waals surface area (Å²) in [5, 5.41) is 8.19. The summed E-state index contributed by atoms with van der Waals surface area (Å²) in [6.07, 6.45) is 5.23. The van der Waals surface area contributed by atoms with Crippen molar-refractivity contribution in [3.8, 4) is 0 Å². The van der Waals surface area contributed by atoms with Gasteiger partial charge in [0.25, 0.3) is 0 Å². The van der Waals surface area contributed by atoms with Crippen molar-refractivity contribution >= 4 is 5.84 Å². The van der Waals surface area contributed by atoms with Crippen LogP contribution in [0.3, 0.4) is 0 Å². The molecule has 2 atom stereocenters. The molecule has 0 spiro atoms. The Bertz CT molecular complexity index is 272. The zero-order valence-electron chi connectivity index (χ0n) is 9.58. The molecule has 2 aliphatic heterocycles. The van der Waals surface area contributed by atoms with Gasteiger partial charge in [-0.05, 0) is 39.2 Å². The Morgan fingerprint density at radius 3 is 2.73 bits per heavy atom. The number of hydrogen-bond donors (Lipinski definition) is 1. The summed E-state index contributed by atoms with van der Waals surface area (Å²) >= 11 is 0. The highest BCUT2D eigenvalue weighted by Gasteiger charge is 2.39. The van der Waals surface area contributed by atoms with E-state index >= 15 is 0 Å². The first-order chi connectivity index (χ1) is 7.25. The second-order valence-corrected chi connectivity index (χ2v) is 5.45. The highest BCUT2D eigenvalue weighted by molar-refractivity contribution is 5.84. The highest BCUT2D eigenvalue weighted by atomic mass is 15.3. The second-order valence-electron chi connectivity index (χ2n) is 5.45. The van der Waals surface area contributed by atoms with Gasteiger partial charge in [0, 0.05) is 31.1 Å². The lowest BCUT2D eigenvalue weighted by atomic mass is 10.1. The van der Waals surface area contributed by atoms with Gasteiger partial charge in [-0.15, -0.1) is 0 Å². The summed E-state index contributed by atoms with van der Waals surface area (Å²) in [6, 6.07) is 1.31. The molecule has 2 unspecified atom stereocenters. The van der Waals surface area contributed by atoms with Crippen LogP contribution in [0, 0.1) is 11.3 Å². The zero-order chi connectivity index (χ0) is 10.4. The van der Waals surface area contributed by atoms with Crippen LogP contribution in [-0.4, -0.2) is 47.4 Å². The van der Waals surface area contributed by atoms with E-state index in [9.17, 15) is 0 Å². The Labute approximate surface area is 91.9 Å². The van der Waals surface area contributed by atoms with E-state index in [1.54, 1.807) is 0 Å². The van der Waals surface area contributed by atoms with Crippen LogP contribution < -0.4 is 0 Å². The van der Waals surface area contributed by atoms with Crippen LogP contribution in [0.4, 0.5) is 0 Å². The van der Waals surface area contributed by atoms with Crippen molar-refractivity contribution in [2.75, 3.05) is 19.6 Å². The third-order valence-electron chi connectivity index (χ3n) is 4.21. The quantitative estimate of drug-likeness (QED) is 0.522. The Kier molecular flexibility index (Phi) is 2.23. The molecule has 0 amide bonds. The normalized spacial score (nSPS) is 36.7. The van der Waals surface area contributed by atoms with Crippen molar-refractivity contribution in [1.29, 1.82) is 5.41 Å². The van der Waals surface area contributed by atoms with Gasteiger partial charge in [0.15, 0.2) is 0 Å². The Balaban J connectivity index is 1.70. The monoisotopic (exact) mass is 207 g/mol. The molecule has 0 aromatic carbocycles. The van der Waals surface area contributed by atoms with Gasteiger partial charge < -0.3 is 4.90 Å². The molecular formula is C12H21N3. The van der Waals surface area contributed by atoms with Crippen molar-refractivity contribution in [2.45, 2.75) is 44.7 Å². The van der Waals surface area contributed by atoms with E-state index in [0.29, 0.717) is 12.0 Å². The number of amidine groups is 1. The molecule has 15 heavy (non-hydrogen) atoms. The predicted octanol–water partition coefficient (Wildman–Crippen LogP) is 1.54. The van der Waals surface area contributed by atoms with E-state index in [-0.39, 0.29) is 0 Å². The average molecular weight is 207 g/mol. The first-order valence-corrected chi connectivity index (χ1v) is 6.35. The molecule has 3 fully saturated rings. The van der Waals surface area contributed by atoms with Crippen LogP contribution in [0.2, 0.25) is 0 Å². The van der Waals surface area contributed by atoms with E-state index in [4.69, 9.17) is 5.41 Å². The molecule has 0 aromatic heterocycles. The van der Waals surface area contributed by atoms with E-state index in [0.717, 1.165) is 18.4 Å². The third kappa shape index (κ3) is 1.67. The number of piperazine rings is 1. The minimum absolute atomic E-state index is 0.562. The second kappa shape index (κ2) is 3.48. The predicted molar refractivity (Wildman–Crippen MR) is 61.2 cm³/mol. The summed E-state index contributed by atoms with van der Waals surface area (Å²) in [5.41, 5.74) is 0. The van der Waals surface area contributed by atoms with Crippen molar-refractivity contribution in [2.24, 2.45) is 5.92 Å². The molecule has 3 rings (SSSR count). The summed E-state index contributed by atoms with van der Waals surface area (Å²) < 4.78 is 0. The Hall–Kier alpha value is -0.570. The van der Waals surface area contributed by atoms with Crippen LogP contribution in [0.25, 0.3) is 0 Å². The Morgan fingerprint density at radius 2 is 2.00 bits per heavy atom. The first kappa shape index (κ1) is 9.64. The van der Waals surface area contributed by atoms with E-state index in [1.807, 2.05) is 0 Å². The van der Waals surface area contributed by atoms with Crippen molar-refractivity contribution in [3.63, 3.8) is 0 Å². The number of nitrogens with one attached hydrogen (secondary N) is 1. The van der Waals surface area contributed by atoms with Gasteiger partial charge in [-0.2, -0.15) is 0 Å². The van der Waals surface area contributed by atoms with Gasteiger partial charge in [0.1, 0.15) is 0 Å². The largest absolute Gasteiger partial charge is 0.355 e. The molecule has 2 saturated heterocycles. The fraction of sp³-hybridized carbons (Fsp3) is 0.917. The SMILES string of the molecule is CC1CN2CCCC2CN1C(=N)C1CC1. The number of fused-ring (bicyclic) bond motifs is 1. The molecule has 3 nitrogen and oxygen atoms in total. The van der Waals surface area contributed by atoms with Crippen LogP contribution >= 0.6 is 0 Å². The lowest BCUT2D eigenvalue weighted by Gasteiger charge is -2.43. The molecule has 1 saturated carbocycles. The molecule has 1 aliphatic carbocycles. The van der Waals surface area contributed by atoms with Gasteiger partial charge in [-0.25, -0.2) is 0 Å². The smallest absolute Gasteiger partial charge is 0.0992 e. The maximum atomic E-state index is 8.19. The molecule has 3 aliphatic rings. The maximum Gasteiger partial charge on any atom is 0.0992 e. The maximum absolute atomic E-state index is 8.19. The fourth-order valence-electron chi connectivity index (χ4n) is 3.11. The van der Waals surface area contributed by atoms with Crippen LogP contribution in [-0.2, 0) is 0 Å². The molecule has 2 heterocycles. The van der Waals surface area contributed by atoms with Crippen LogP contribution in [0.15, 0.2) is 0 Å². The van der Waals surface area contributed by atoms with E-state index < -0.39 is 0 Å². The minimum atomic E-state index is 0.562. The summed E-state index contributed by atoms with van der Waals surface area (Å²) in [5.74, 6) is 1.55. The molecule has 1 N–H and O–H groups in total. The highest BCUT2D eigenvalue weighted by Crippen LogP contribution is 2.34. The van der Waals surface area contributed by atoms with Crippen LogP contribution in [0.1, 0.15) is 32.6 Å². The summed E-state index contributed by atoms with van der Waals surface area (Å²) in [7, 11) is 0. The van der Waals surface area contributed by atoms with Gasteiger partial charge >= 0.3 is 0 Å². The van der Waals surface area contributed by atoms with Crippen molar-refractivity contribution in [1.82, 2.24) is 9.80 Å². The van der Waals surface area contributed by atoms with Gasteiger partial charge in [-0.1, -0.05) is 0 Å². The lowest BCUT2D eigenvalue weighted by Crippen LogP contribution is -2.56. The lowest BCUT2D eigenvalue weighted by molar-refractivity contribution is 0.106. The zero-order valence-corrected chi connectivity index (χ0v) is 9.58. The van der Waals surface area contributed by atoms with Crippen LogP contribution in [0.5, 0.6) is 0 Å². The number of rotatable bonds is 1.